The van der Waals surface area contributed by atoms with Gasteiger partial charge in [0.2, 0.25) is 0 Å². The van der Waals surface area contributed by atoms with Crippen LogP contribution in [0.5, 0.6) is 0 Å². The fourth-order valence-corrected chi connectivity index (χ4v) is 3.56. The van der Waals surface area contributed by atoms with Crippen molar-refractivity contribution in [2.45, 2.75) is 34.6 Å². The van der Waals surface area contributed by atoms with Crippen molar-refractivity contribution in [2.24, 2.45) is 5.41 Å². The van der Waals surface area contributed by atoms with Crippen molar-refractivity contribution in [3.05, 3.63) is 66.6 Å². The largest absolute Gasteiger partial charge is 0.313 e. The van der Waals surface area contributed by atoms with Crippen LogP contribution in [0.1, 0.15) is 37.7 Å². The van der Waals surface area contributed by atoms with Crippen molar-refractivity contribution in [2.75, 3.05) is 0 Å². The van der Waals surface area contributed by atoms with Crippen LogP contribution in [0.4, 0.5) is 4.39 Å². The number of carbonyl (C=O) groups is 1. The summed E-state index contributed by atoms with van der Waals surface area (Å²) in [6.45, 7) is 9.26. The topological polar surface area (TPSA) is 67.8 Å². The molecule has 0 bridgehead atoms. The number of benzene rings is 1. The van der Waals surface area contributed by atoms with Gasteiger partial charge in [-0.2, -0.15) is 5.10 Å². The number of carbonyl (C=O) groups excluding carboxylic acids is 1. The van der Waals surface area contributed by atoms with Crippen molar-refractivity contribution < 1.29 is 9.18 Å². The fourth-order valence-electron chi connectivity index (χ4n) is 2.69. The van der Waals surface area contributed by atoms with Crippen LogP contribution in [0.25, 0.3) is 17.8 Å². The second-order valence-electron chi connectivity index (χ2n) is 7.66. The summed E-state index contributed by atoms with van der Waals surface area (Å²) in [5.74, 6) is -0.358. The van der Waals surface area contributed by atoms with Gasteiger partial charge in [0.25, 0.3) is 5.56 Å². The molecule has 7 heteroatoms. The molecule has 28 heavy (non-hydrogen) atoms. The number of halogens is 1. The van der Waals surface area contributed by atoms with Gasteiger partial charge in [0.1, 0.15) is 5.82 Å². The Morgan fingerprint density at radius 2 is 1.86 bits per heavy atom. The zero-order valence-corrected chi connectivity index (χ0v) is 17.3. The molecular weight excluding hydrogens is 377 g/mol. The molecule has 0 saturated heterocycles. The lowest BCUT2D eigenvalue weighted by atomic mass is 9.91. The molecule has 2 heterocycles. The van der Waals surface area contributed by atoms with Gasteiger partial charge in [-0.15, -0.1) is 11.3 Å². The molecule has 0 spiro atoms. The third-order valence-electron chi connectivity index (χ3n) is 4.38. The van der Waals surface area contributed by atoms with Crippen LogP contribution in [-0.2, 0) is 4.79 Å². The molecule has 0 unspecified atom stereocenters. The molecule has 0 aliphatic carbocycles. The van der Waals surface area contributed by atoms with Gasteiger partial charge < -0.3 is 4.98 Å². The molecule has 0 atom stereocenters. The highest BCUT2D eigenvalue weighted by Crippen LogP contribution is 2.19. The van der Waals surface area contributed by atoms with E-state index in [9.17, 15) is 14.0 Å². The number of ketones is 1. The highest BCUT2D eigenvalue weighted by Gasteiger charge is 2.18. The Hall–Kier alpha value is -2.80. The van der Waals surface area contributed by atoms with Crippen LogP contribution in [-0.4, -0.2) is 20.5 Å². The number of thiazole rings is 1. The zero-order chi connectivity index (χ0) is 20.6. The first kappa shape index (κ1) is 19.9. The van der Waals surface area contributed by atoms with Crippen LogP contribution in [0.15, 0.2) is 29.1 Å². The Bertz CT molecular complexity index is 1210. The molecule has 0 saturated carbocycles. The predicted molar refractivity (Wildman–Crippen MR) is 110 cm³/mol. The van der Waals surface area contributed by atoms with E-state index in [2.05, 4.69) is 10.1 Å². The monoisotopic (exact) mass is 399 g/mol. The second-order valence-corrected chi connectivity index (χ2v) is 8.74. The van der Waals surface area contributed by atoms with Crippen LogP contribution >= 0.6 is 11.3 Å². The second kappa shape index (κ2) is 7.31. The van der Waals surface area contributed by atoms with Crippen LogP contribution in [0.2, 0.25) is 0 Å². The molecule has 1 N–H and O–H groups in total. The van der Waals surface area contributed by atoms with Crippen molar-refractivity contribution in [1.29, 1.82) is 0 Å². The summed E-state index contributed by atoms with van der Waals surface area (Å²) in [5.41, 5.74) is 2.41. The van der Waals surface area contributed by atoms with Crippen molar-refractivity contribution in [1.82, 2.24) is 14.8 Å². The normalized spacial score (nSPS) is 13.4. The molecule has 0 radical (unpaired) electrons. The van der Waals surface area contributed by atoms with Crippen molar-refractivity contribution >= 4 is 29.3 Å². The van der Waals surface area contributed by atoms with E-state index >= 15 is 0 Å². The standard InChI is InChI=1S/C21H22FN3O2S/c1-12-16(13(2)25(24-12)15-8-6-14(22)7-9-15)10-17-20(27)23-19(28-17)11-18(26)21(3,4)5/h6-11H,1-5H3,(H,23,27)/b17-10-,19-11-. The minimum Gasteiger partial charge on any atom is -0.313 e. The lowest BCUT2D eigenvalue weighted by molar-refractivity contribution is -0.119. The maximum atomic E-state index is 13.2. The van der Waals surface area contributed by atoms with E-state index in [4.69, 9.17) is 0 Å². The lowest BCUT2D eigenvalue weighted by Gasteiger charge is -2.12. The van der Waals surface area contributed by atoms with Gasteiger partial charge in [0, 0.05) is 22.7 Å². The Morgan fingerprint density at radius 1 is 1.21 bits per heavy atom. The Kier molecular flexibility index (Phi) is 5.21. The maximum Gasteiger partial charge on any atom is 0.266 e. The average Bonchev–Trinajstić information content (AvgIpc) is 3.09. The number of aromatic nitrogens is 3. The number of hydrogen-bond donors (Lipinski definition) is 1. The lowest BCUT2D eigenvalue weighted by Crippen LogP contribution is -2.22. The molecule has 1 aromatic carbocycles. The molecule has 0 amide bonds. The molecule has 2 aromatic heterocycles. The highest BCUT2D eigenvalue weighted by molar-refractivity contribution is 7.07. The van der Waals surface area contributed by atoms with E-state index in [1.807, 2.05) is 34.6 Å². The van der Waals surface area contributed by atoms with Crippen molar-refractivity contribution in [3.8, 4) is 5.69 Å². The molecular formula is C21H22FN3O2S. The number of aryl methyl sites for hydroxylation is 1. The first-order chi connectivity index (χ1) is 13.1. The molecule has 5 nitrogen and oxygen atoms in total. The van der Waals surface area contributed by atoms with E-state index in [1.165, 1.54) is 29.5 Å². The van der Waals surface area contributed by atoms with Gasteiger partial charge >= 0.3 is 0 Å². The highest BCUT2D eigenvalue weighted by atomic mass is 32.1. The zero-order valence-electron chi connectivity index (χ0n) is 16.5. The summed E-state index contributed by atoms with van der Waals surface area (Å²) in [7, 11) is 0. The van der Waals surface area contributed by atoms with E-state index in [0.29, 0.717) is 9.20 Å². The summed E-state index contributed by atoms with van der Waals surface area (Å²) in [6.07, 6.45) is 3.26. The molecule has 146 valence electrons. The van der Waals surface area contributed by atoms with Crippen LogP contribution < -0.4 is 14.8 Å². The molecule has 3 rings (SSSR count). The summed E-state index contributed by atoms with van der Waals surface area (Å²) in [5, 5.41) is 4.52. The van der Waals surface area contributed by atoms with Gasteiger partial charge in [-0.1, -0.05) is 20.8 Å². The smallest absolute Gasteiger partial charge is 0.266 e. The molecule has 0 fully saturated rings. The van der Waals surface area contributed by atoms with E-state index in [0.717, 1.165) is 22.6 Å². The van der Waals surface area contributed by atoms with Crippen molar-refractivity contribution in [3.63, 3.8) is 0 Å². The van der Waals surface area contributed by atoms with E-state index < -0.39 is 5.41 Å². The third-order valence-corrected chi connectivity index (χ3v) is 5.34. The summed E-state index contributed by atoms with van der Waals surface area (Å²) >= 11 is 1.24. The number of H-pyrrole nitrogens is 1. The SMILES string of the molecule is Cc1nn(-c2ccc(F)cc2)c(C)c1/C=c1\s/c(=C\C(=O)C(C)(C)C)[nH]c1=O. The summed E-state index contributed by atoms with van der Waals surface area (Å²) in [6, 6.07) is 6.07. The molecule has 0 aliphatic rings. The number of hydrogen-bond acceptors (Lipinski definition) is 4. The quantitative estimate of drug-likeness (QED) is 0.736. The molecule has 3 aromatic rings. The minimum atomic E-state index is -0.506. The number of aromatic amines is 1. The fraction of sp³-hybridized carbons (Fsp3) is 0.286. The Labute approximate surface area is 165 Å². The number of Topliss-reactive ketones (excluding diaryl/α,β-unsaturated/α-hetero) is 1. The first-order valence-electron chi connectivity index (χ1n) is 8.85. The number of rotatable bonds is 3. The third kappa shape index (κ3) is 4.04. The minimum absolute atomic E-state index is 0.0481. The number of nitrogens with zero attached hydrogens (tertiary/aromatic N) is 2. The van der Waals surface area contributed by atoms with E-state index in [-0.39, 0.29) is 17.2 Å². The summed E-state index contributed by atoms with van der Waals surface area (Å²) in [4.78, 5) is 27.3. The maximum absolute atomic E-state index is 13.2. The van der Waals surface area contributed by atoms with Crippen LogP contribution in [0.3, 0.4) is 0 Å². The van der Waals surface area contributed by atoms with Gasteiger partial charge in [0.15, 0.2) is 5.78 Å². The first-order valence-corrected chi connectivity index (χ1v) is 9.67. The Morgan fingerprint density at radius 3 is 2.46 bits per heavy atom. The average molecular weight is 399 g/mol. The van der Waals surface area contributed by atoms with E-state index in [1.54, 1.807) is 22.9 Å². The van der Waals surface area contributed by atoms with Gasteiger partial charge in [-0.05, 0) is 44.2 Å². The number of nitrogens with one attached hydrogen (secondary N) is 1. The van der Waals surface area contributed by atoms with Gasteiger partial charge in [-0.25, -0.2) is 9.07 Å². The summed E-state index contributed by atoms with van der Waals surface area (Å²) < 4.78 is 15.9. The van der Waals surface area contributed by atoms with Gasteiger partial charge in [0.05, 0.1) is 20.6 Å². The molecule has 0 aliphatic heterocycles. The van der Waals surface area contributed by atoms with Gasteiger partial charge in [-0.3, -0.25) is 9.59 Å². The Balaban J connectivity index is 2.08. The van der Waals surface area contributed by atoms with Crippen LogP contribution in [0, 0.1) is 25.1 Å². The predicted octanol–water partition coefficient (Wildman–Crippen LogP) is 2.60.